The molecule has 3 heterocycles. The summed E-state index contributed by atoms with van der Waals surface area (Å²) in [5.74, 6) is 1.32. The summed E-state index contributed by atoms with van der Waals surface area (Å²) in [5.41, 5.74) is 0. The molecule has 0 aliphatic rings. The first kappa shape index (κ1) is 13.8. The number of hydrogen-bond acceptors (Lipinski definition) is 6. The molecule has 3 aromatic heterocycles. The van der Waals surface area contributed by atoms with E-state index < -0.39 is 0 Å². The van der Waals surface area contributed by atoms with Crippen molar-refractivity contribution in [3.05, 3.63) is 54.7 Å². The van der Waals surface area contributed by atoms with Gasteiger partial charge in [-0.1, -0.05) is 0 Å². The molecule has 0 saturated heterocycles. The third-order valence-electron chi connectivity index (χ3n) is 2.85. The Labute approximate surface area is 126 Å². The first-order valence-electron chi connectivity index (χ1n) is 6.72. The lowest BCUT2D eigenvalue weighted by atomic mass is 10.4. The van der Waals surface area contributed by atoms with E-state index in [2.05, 4.69) is 25.9 Å². The lowest BCUT2D eigenvalue weighted by Crippen LogP contribution is -2.28. The monoisotopic (exact) mass is 298 g/mol. The molecule has 22 heavy (non-hydrogen) atoms. The summed E-state index contributed by atoms with van der Waals surface area (Å²) in [4.78, 5) is 11.6. The average Bonchev–Trinajstić information content (AvgIpc) is 3.25. The van der Waals surface area contributed by atoms with Gasteiger partial charge < -0.3 is 15.1 Å². The number of carbonyl (C=O) groups is 1. The van der Waals surface area contributed by atoms with Gasteiger partial charge in [0, 0.05) is 25.5 Å². The van der Waals surface area contributed by atoms with Crippen molar-refractivity contribution >= 4 is 11.7 Å². The fourth-order valence-electron chi connectivity index (χ4n) is 1.81. The van der Waals surface area contributed by atoms with Gasteiger partial charge in [-0.25, -0.2) is 4.68 Å². The lowest BCUT2D eigenvalue weighted by molar-refractivity contribution is 0.0927. The zero-order valence-corrected chi connectivity index (χ0v) is 11.6. The molecule has 0 unspecified atom stereocenters. The van der Waals surface area contributed by atoms with Gasteiger partial charge in [-0.05, 0) is 30.3 Å². The van der Waals surface area contributed by atoms with Crippen molar-refractivity contribution in [2.24, 2.45) is 0 Å². The maximum atomic E-state index is 11.6. The van der Waals surface area contributed by atoms with Crippen LogP contribution in [0.4, 0.5) is 5.82 Å². The van der Waals surface area contributed by atoms with E-state index in [1.165, 1.54) is 6.26 Å². The topological polar surface area (TPSA) is 97.9 Å². The summed E-state index contributed by atoms with van der Waals surface area (Å²) in [6.45, 7) is 0.977. The highest BCUT2D eigenvalue weighted by Gasteiger charge is 2.06. The average molecular weight is 298 g/mol. The quantitative estimate of drug-likeness (QED) is 0.661. The Balaban J connectivity index is 1.45. The number of aromatic nitrogens is 4. The largest absolute Gasteiger partial charge is 0.459 e. The highest BCUT2D eigenvalue weighted by molar-refractivity contribution is 5.91. The van der Waals surface area contributed by atoms with Gasteiger partial charge in [-0.2, -0.15) is 5.10 Å². The van der Waals surface area contributed by atoms with Crippen LogP contribution in [0.3, 0.4) is 0 Å². The zero-order valence-electron chi connectivity index (χ0n) is 11.6. The Morgan fingerprint density at radius 1 is 1.18 bits per heavy atom. The van der Waals surface area contributed by atoms with E-state index in [1.54, 1.807) is 35.3 Å². The third-order valence-corrected chi connectivity index (χ3v) is 2.85. The minimum absolute atomic E-state index is 0.244. The SMILES string of the molecule is O=C(NCCNc1ccc(-n2cccn2)nn1)c1ccco1. The number of hydrogen-bond donors (Lipinski definition) is 2. The molecule has 0 aliphatic heterocycles. The molecule has 2 N–H and O–H groups in total. The van der Waals surface area contributed by atoms with E-state index in [0.29, 0.717) is 30.5 Å². The van der Waals surface area contributed by atoms with Crippen LogP contribution < -0.4 is 10.6 Å². The summed E-state index contributed by atoms with van der Waals surface area (Å²) in [6.07, 6.45) is 4.93. The van der Waals surface area contributed by atoms with Crippen LogP contribution in [0, 0.1) is 0 Å². The molecule has 0 saturated carbocycles. The number of furan rings is 1. The summed E-state index contributed by atoms with van der Waals surface area (Å²) in [5, 5.41) is 18.0. The number of anilines is 1. The molecule has 0 atom stereocenters. The summed E-state index contributed by atoms with van der Waals surface area (Å²) >= 11 is 0. The molecule has 0 aliphatic carbocycles. The first-order chi connectivity index (χ1) is 10.8. The Kier molecular flexibility index (Phi) is 4.10. The molecule has 1 amide bonds. The standard InChI is InChI=1S/C14H14N6O2/c21-14(11-3-1-10-22-11)16-8-7-15-12-4-5-13(19-18-12)20-9-2-6-17-20/h1-6,9-10H,7-8H2,(H,15,18)(H,16,21). The van der Waals surface area contributed by atoms with Gasteiger partial charge >= 0.3 is 0 Å². The second-order valence-corrected chi connectivity index (χ2v) is 4.39. The fraction of sp³-hybridized carbons (Fsp3) is 0.143. The number of nitrogens with zero attached hydrogens (tertiary/aromatic N) is 4. The van der Waals surface area contributed by atoms with E-state index in [4.69, 9.17) is 4.42 Å². The van der Waals surface area contributed by atoms with Gasteiger partial charge in [0.25, 0.3) is 5.91 Å². The van der Waals surface area contributed by atoms with Crippen molar-refractivity contribution < 1.29 is 9.21 Å². The van der Waals surface area contributed by atoms with E-state index in [9.17, 15) is 4.79 Å². The lowest BCUT2D eigenvalue weighted by Gasteiger charge is -2.06. The molecular weight excluding hydrogens is 284 g/mol. The van der Waals surface area contributed by atoms with Crippen LogP contribution in [-0.2, 0) is 0 Å². The van der Waals surface area contributed by atoms with Crippen molar-refractivity contribution in [2.45, 2.75) is 0 Å². The van der Waals surface area contributed by atoms with E-state index in [0.717, 1.165) is 0 Å². The fourth-order valence-corrected chi connectivity index (χ4v) is 1.81. The molecular formula is C14H14N6O2. The molecule has 0 fully saturated rings. The van der Waals surface area contributed by atoms with Gasteiger partial charge in [0.2, 0.25) is 0 Å². The van der Waals surface area contributed by atoms with Crippen molar-refractivity contribution in [3.63, 3.8) is 0 Å². The molecule has 0 spiro atoms. The highest BCUT2D eigenvalue weighted by Crippen LogP contribution is 2.05. The van der Waals surface area contributed by atoms with Crippen molar-refractivity contribution in [1.82, 2.24) is 25.3 Å². The molecule has 3 rings (SSSR count). The Morgan fingerprint density at radius 2 is 2.14 bits per heavy atom. The molecule has 3 aromatic rings. The maximum Gasteiger partial charge on any atom is 0.287 e. The second kappa shape index (κ2) is 6.53. The van der Waals surface area contributed by atoms with Crippen LogP contribution in [0.25, 0.3) is 5.82 Å². The number of carbonyl (C=O) groups excluding carboxylic acids is 1. The van der Waals surface area contributed by atoms with E-state index in [1.807, 2.05) is 12.1 Å². The maximum absolute atomic E-state index is 11.6. The van der Waals surface area contributed by atoms with E-state index in [-0.39, 0.29) is 5.91 Å². The predicted molar refractivity (Wildman–Crippen MR) is 78.7 cm³/mol. The molecule has 0 aromatic carbocycles. The van der Waals surface area contributed by atoms with Gasteiger partial charge in [0.1, 0.15) is 5.82 Å². The smallest absolute Gasteiger partial charge is 0.287 e. The normalized spacial score (nSPS) is 10.4. The van der Waals surface area contributed by atoms with Gasteiger partial charge in [0.15, 0.2) is 11.6 Å². The molecule has 8 heteroatoms. The van der Waals surface area contributed by atoms with Gasteiger partial charge in [0.05, 0.1) is 6.26 Å². The van der Waals surface area contributed by atoms with Crippen LogP contribution in [0.2, 0.25) is 0 Å². The Hall–Kier alpha value is -3.16. The minimum atomic E-state index is -0.244. The Morgan fingerprint density at radius 3 is 2.82 bits per heavy atom. The first-order valence-corrected chi connectivity index (χ1v) is 6.72. The van der Waals surface area contributed by atoms with Crippen molar-refractivity contribution in [3.8, 4) is 5.82 Å². The van der Waals surface area contributed by atoms with Crippen LogP contribution in [0.15, 0.2) is 53.4 Å². The van der Waals surface area contributed by atoms with Gasteiger partial charge in [-0.15, -0.1) is 10.2 Å². The van der Waals surface area contributed by atoms with Crippen molar-refractivity contribution in [2.75, 3.05) is 18.4 Å². The summed E-state index contributed by atoms with van der Waals surface area (Å²) < 4.78 is 6.62. The molecule has 8 nitrogen and oxygen atoms in total. The van der Waals surface area contributed by atoms with Crippen LogP contribution >= 0.6 is 0 Å². The number of rotatable bonds is 6. The summed E-state index contributed by atoms with van der Waals surface area (Å²) in [7, 11) is 0. The predicted octanol–water partition coefficient (Wildman–Crippen LogP) is 1.10. The minimum Gasteiger partial charge on any atom is -0.459 e. The summed E-state index contributed by atoms with van der Waals surface area (Å²) in [6, 6.07) is 8.71. The van der Waals surface area contributed by atoms with Crippen LogP contribution in [0.5, 0.6) is 0 Å². The molecule has 0 bridgehead atoms. The third kappa shape index (κ3) is 3.29. The highest BCUT2D eigenvalue weighted by atomic mass is 16.3. The van der Waals surface area contributed by atoms with E-state index >= 15 is 0 Å². The van der Waals surface area contributed by atoms with Crippen LogP contribution in [-0.4, -0.2) is 39.0 Å². The zero-order chi connectivity index (χ0) is 15.2. The number of nitrogens with one attached hydrogen (secondary N) is 2. The van der Waals surface area contributed by atoms with Gasteiger partial charge in [-0.3, -0.25) is 4.79 Å². The number of amides is 1. The van der Waals surface area contributed by atoms with Crippen LogP contribution in [0.1, 0.15) is 10.6 Å². The Bertz CT molecular complexity index is 706. The van der Waals surface area contributed by atoms with Crippen molar-refractivity contribution in [1.29, 1.82) is 0 Å². The molecule has 112 valence electrons. The molecule has 0 radical (unpaired) electrons. The second-order valence-electron chi connectivity index (χ2n) is 4.39.